The van der Waals surface area contributed by atoms with E-state index in [0.29, 0.717) is 0 Å². The summed E-state index contributed by atoms with van der Waals surface area (Å²) in [6.45, 7) is 0. The number of fused-ring (bicyclic) bond motifs is 9. The normalized spacial score (nSPS) is 16.1. The molecule has 0 aromatic heterocycles. The molecule has 1 unspecified atom stereocenters. The number of ether oxygens (including phenoxy) is 1. The number of aliphatic imine (C=N–C) groups is 1. The molecule has 1 atom stereocenters. The van der Waals surface area contributed by atoms with E-state index in [1.165, 1.54) is 33.4 Å². The zero-order valence-electron chi connectivity index (χ0n) is 27.3. The highest BCUT2D eigenvalue weighted by molar-refractivity contribution is 6.13. The molecule has 0 fully saturated rings. The first-order valence-corrected chi connectivity index (χ1v) is 17.2. The lowest BCUT2D eigenvalue weighted by Gasteiger charge is -2.40. The molecule has 0 amide bonds. The fraction of sp³-hybridized carbons (Fsp3) is 0.0426. The Labute approximate surface area is 291 Å². The van der Waals surface area contributed by atoms with Crippen LogP contribution in [0.2, 0.25) is 0 Å². The van der Waals surface area contributed by atoms with E-state index >= 15 is 0 Å². The molecule has 1 N–H and O–H groups in total. The molecule has 10 rings (SSSR count). The summed E-state index contributed by atoms with van der Waals surface area (Å²) < 4.78 is 6.91. The van der Waals surface area contributed by atoms with Gasteiger partial charge in [0, 0.05) is 22.4 Å². The van der Waals surface area contributed by atoms with E-state index in [0.717, 1.165) is 50.7 Å². The molecule has 3 aliphatic rings. The van der Waals surface area contributed by atoms with E-state index in [9.17, 15) is 0 Å². The summed E-state index contributed by atoms with van der Waals surface area (Å²) in [5, 5.41) is 3.71. The molecule has 236 valence electrons. The van der Waals surface area contributed by atoms with Crippen LogP contribution in [0.15, 0.2) is 187 Å². The zero-order chi connectivity index (χ0) is 33.1. The lowest BCUT2D eigenvalue weighted by molar-refractivity contribution is 0.438. The summed E-state index contributed by atoms with van der Waals surface area (Å²) in [5.41, 5.74) is 14.5. The minimum Gasteiger partial charge on any atom is -0.456 e. The van der Waals surface area contributed by atoms with Crippen molar-refractivity contribution < 1.29 is 4.74 Å². The molecule has 7 aromatic rings. The topological polar surface area (TPSA) is 33.6 Å². The predicted octanol–water partition coefficient (Wildman–Crippen LogP) is 11.0. The van der Waals surface area contributed by atoms with E-state index < -0.39 is 5.41 Å². The number of allylic oxidation sites excluding steroid dienone is 1. The fourth-order valence-electron chi connectivity index (χ4n) is 8.19. The van der Waals surface area contributed by atoms with Crippen molar-refractivity contribution in [2.24, 2.45) is 4.99 Å². The van der Waals surface area contributed by atoms with Gasteiger partial charge in [0.2, 0.25) is 0 Å². The molecule has 3 heteroatoms. The molecular formula is C47H32N2O. The van der Waals surface area contributed by atoms with Crippen LogP contribution in [0.1, 0.15) is 45.1 Å². The molecule has 2 aliphatic heterocycles. The number of nitrogens with zero attached hydrogens (tertiary/aromatic N) is 1. The van der Waals surface area contributed by atoms with Crippen molar-refractivity contribution >= 4 is 11.4 Å². The molecule has 7 aromatic carbocycles. The summed E-state index contributed by atoms with van der Waals surface area (Å²) in [6, 6.07) is 62.6. The van der Waals surface area contributed by atoms with E-state index in [4.69, 9.17) is 9.73 Å². The average molecular weight is 641 g/mol. The van der Waals surface area contributed by atoms with E-state index in [1.54, 1.807) is 0 Å². The number of rotatable bonds is 4. The fourth-order valence-corrected chi connectivity index (χ4v) is 8.19. The largest absolute Gasteiger partial charge is 0.456 e. The van der Waals surface area contributed by atoms with Gasteiger partial charge in [-0.15, -0.1) is 0 Å². The van der Waals surface area contributed by atoms with E-state index in [1.807, 2.05) is 12.1 Å². The van der Waals surface area contributed by atoms with Gasteiger partial charge in [0.1, 0.15) is 17.7 Å². The Morgan fingerprint density at radius 2 is 1.02 bits per heavy atom. The third-order valence-electron chi connectivity index (χ3n) is 10.4. The second-order valence-electron chi connectivity index (χ2n) is 13.1. The van der Waals surface area contributed by atoms with Gasteiger partial charge in [-0.05, 0) is 56.6 Å². The van der Waals surface area contributed by atoms with E-state index in [-0.39, 0.29) is 6.17 Å². The van der Waals surface area contributed by atoms with E-state index in [2.05, 4.69) is 175 Å². The third-order valence-corrected chi connectivity index (χ3v) is 10.4. The van der Waals surface area contributed by atoms with Crippen LogP contribution < -0.4 is 10.1 Å². The number of nitrogens with one attached hydrogen (secondary N) is 1. The molecule has 0 saturated carbocycles. The second kappa shape index (κ2) is 11.3. The number of benzene rings is 7. The molecule has 3 nitrogen and oxygen atoms in total. The minimum absolute atomic E-state index is 0.234. The van der Waals surface area contributed by atoms with Crippen LogP contribution in [0.3, 0.4) is 0 Å². The molecule has 0 saturated heterocycles. The van der Waals surface area contributed by atoms with Gasteiger partial charge in [0.15, 0.2) is 0 Å². The monoisotopic (exact) mass is 640 g/mol. The molecule has 50 heavy (non-hydrogen) atoms. The number of hydrogen-bond acceptors (Lipinski definition) is 3. The van der Waals surface area contributed by atoms with Gasteiger partial charge >= 0.3 is 0 Å². The van der Waals surface area contributed by atoms with Gasteiger partial charge in [-0.1, -0.05) is 170 Å². The highest BCUT2D eigenvalue weighted by atomic mass is 16.5. The van der Waals surface area contributed by atoms with Crippen LogP contribution >= 0.6 is 0 Å². The van der Waals surface area contributed by atoms with Gasteiger partial charge < -0.3 is 10.1 Å². The summed E-state index contributed by atoms with van der Waals surface area (Å²) in [6.07, 6.45) is 1.91. The van der Waals surface area contributed by atoms with Crippen molar-refractivity contribution in [3.05, 3.63) is 221 Å². The Morgan fingerprint density at radius 3 is 1.72 bits per heavy atom. The molecule has 0 radical (unpaired) electrons. The standard InChI is InChI=1S/C47H32N2O/c1-3-14-32(15-4-1)42-30-43(33-16-5-2-6-17-33)49-46(48-42)34-28-26-31(27-29-34)35-20-13-24-41-45(35)50-44-25-12-11-23-40(44)47(41)38-21-9-7-18-36(38)37-19-8-10-22-39(37)47/h1-30,46,48H. The van der Waals surface area contributed by atoms with Gasteiger partial charge in [0.25, 0.3) is 0 Å². The molecule has 0 bridgehead atoms. The predicted molar refractivity (Wildman–Crippen MR) is 203 cm³/mol. The first kappa shape index (κ1) is 28.6. The highest BCUT2D eigenvalue weighted by Crippen LogP contribution is 2.63. The summed E-state index contributed by atoms with van der Waals surface area (Å²) in [7, 11) is 0. The Morgan fingerprint density at radius 1 is 0.460 bits per heavy atom. The highest BCUT2D eigenvalue weighted by Gasteiger charge is 2.51. The van der Waals surface area contributed by atoms with Crippen LogP contribution in [0, 0.1) is 0 Å². The Hall–Kier alpha value is -6.45. The van der Waals surface area contributed by atoms with Gasteiger partial charge in [-0.3, -0.25) is 4.99 Å². The second-order valence-corrected chi connectivity index (χ2v) is 13.1. The van der Waals surface area contributed by atoms with Crippen LogP contribution in [0.25, 0.3) is 28.0 Å². The zero-order valence-corrected chi connectivity index (χ0v) is 27.3. The SMILES string of the molecule is C1=C(c2ccccc2)NC(c2ccc(-c3cccc4c3Oc3ccccc3C43c4ccccc4-c4ccccc43)cc2)N=C1c1ccccc1. The van der Waals surface area contributed by atoms with Crippen LogP contribution in [0.4, 0.5) is 0 Å². The maximum Gasteiger partial charge on any atom is 0.145 e. The molecular weight excluding hydrogens is 609 g/mol. The van der Waals surface area contributed by atoms with Crippen molar-refractivity contribution in [3.8, 4) is 33.8 Å². The maximum absolute atomic E-state index is 6.91. The molecule has 1 aliphatic carbocycles. The number of hydrogen-bond donors (Lipinski definition) is 1. The summed E-state index contributed by atoms with van der Waals surface area (Å²) >= 11 is 0. The minimum atomic E-state index is -0.484. The molecule has 1 spiro atoms. The summed E-state index contributed by atoms with van der Waals surface area (Å²) in [5.74, 6) is 1.80. The lowest BCUT2D eigenvalue weighted by atomic mass is 9.65. The van der Waals surface area contributed by atoms with Crippen molar-refractivity contribution in [1.29, 1.82) is 0 Å². The lowest BCUT2D eigenvalue weighted by Crippen LogP contribution is -2.32. The van der Waals surface area contributed by atoms with Crippen molar-refractivity contribution in [1.82, 2.24) is 5.32 Å². The quantitative estimate of drug-likeness (QED) is 0.208. The van der Waals surface area contributed by atoms with Crippen LogP contribution in [-0.2, 0) is 5.41 Å². The summed E-state index contributed by atoms with van der Waals surface area (Å²) in [4.78, 5) is 5.19. The van der Waals surface area contributed by atoms with Crippen LogP contribution in [0.5, 0.6) is 11.5 Å². The van der Waals surface area contributed by atoms with Crippen molar-refractivity contribution in [2.45, 2.75) is 11.6 Å². The Bertz CT molecular complexity index is 2430. The third kappa shape index (κ3) is 4.27. The maximum atomic E-state index is 6.91. The first-order valence-electron chi connectivity index (χ1n) is 17.2. The van der Waals surface area contributed by atoms with Gasteiger partial charge in [-0.2, -0.15) is 0 Å². The average Bonchev–Trinajstić information content (AvgIpc) is 3.49. The Balaban J connectivity index is 1.09. The van der Waals surface area contributed by atoms with Crippen molar-refractivity contribution in [3.63, 3.8) is 0 Å². The number of para-hydroxylation sites is 2. The van der Waals surface area contributed by atoms with Crippen molar-refractivity contribution in [2.75, 3.05) is 0 Å². The Kier molecular flexibility index (Phi) is 6.47. The van der Waals surface area contributed by atoms with Gasteiger partial charge in [-0.25, -0.2) is 0 Å². The van der Waals surface area contributed by atoms with Gasteiger partial charge in [0.05, 0.1) is 11.1 Å². The smallest absolute Gasteiger partial charge is 0.145 e. The molecule has 2 heterocycles. The first-order chi connectivity index (χ1) is 24.8. The van der Waals surface area contributed by atoms with Crippen LogP contribution in [-0.4, -0.2) is 5.71 Å².